The van der Waals surface area contributed by atoms with E-state index in [0.717, 1.165) is 5.56 Å². The monoisotopic (exact) mass is 701 g/mol. The number of carbonyl (C=O) groups excluding carboxylic acids is 2. The minimum atomic E-state index is -0.376. The third kappa shape index (κ3) is 7.57. The molecular weight excluding hydrogens is 684 g/mol. The Morgan fingerprint density at radius 1 is 1.08 bits per heavy atom. The Labute approximate surface area is 252 Å². The van der Waals surface area contributed by atoms with Crippen LogP contribution in [0.3, 0.4) is 0 Å². The lowest BCUT2D eigenvalue weighted by Crippen LogP contribution is -2.20. The average Bonchev–Trinajstić information content (AvgIpc) is 3.20. The van der Waals surface area contributed by atoms with Crippen molar-refractivity contribution in [3.8, 4) is 11.5 Å². The van der Waals surface area contributed by atoms with Gasteiger partial charge in [0.25, 0.3) is 11.8 Å². The molecule has 0 radical (unpaired) electrons. The molecule has 1 fully saturated rings. The molecule has 0 unspecified atom stereocenters. The summed E-state index contributed by atoms with van der Waals surface area (Å²) in [6.45, 7) is 1.98. The molecule has 0 aromatic heterocycles. The van der Waals surface area contributed by atoms with Gasteiger partial charge in [-0.2, -0.15) is 0 Å². The van der Waals surface area contributed by atoms with Gasteiger partial charge in [0.05, 0.1) is 30.8 Å². The van der Waals surface area contributed by atoms with Crippen LogP contribution in [0.5, 0.6) is 11.5 Å². The summed E-state index contributed by atoms with van der Waals surface area (Å²) in [5, 5.41) is 7.29. The van der Waals surface area contributed by atoms with Gasteiger partial charge in [-0.15, -0.1) is 0 Å². The highest BCUT2D eigenvalue weighted by atomic mass is 127. The first-order valence-electron chi connectivity index (χ1n) is 11.1. The predicted octanol–water partition coefficient (Wildman–Crippen LogP) is 7.56. The van der Waals surface area contributed by atoms with Crippen LogP contribution in [0.1, 0.15) is 12.5 Å². The second-order valence-corrected chi connectivity index (χ2v) is 11.1. The number of benzene rings is 3. The van der Waals surface area contributed by atoms with Crippen molar-refractivity contribution in [2.75, 3.05) is 18.5 Å². The maximum Gasteiger partial charge on any atom is 0.264 e. The van der Waals surface area contributed by atoms with Crippen molar-refractivity contribution in [3.63, 3.8) is 0 Å². The highest BCUT2D eigenvalue weighted by molar-refractivity contribution is 14.1. The van der Waals surface area contributed by atoms with Crippen LogP contribution in [0.15, 0.2) is 64.5 Å². The molecule has 7 nitrogen and oxygen atoms in total. The Hall–Kier alpha value is -2.44. The minimum absolute atomic E-state index is 0.250. The SMILES string of the molecule is CCOc1cc(/C=C2/SC(=Nc3ccc(Cl)cc3)NC2=O)cc(I)c1OCC(=O)Nc1ccc(Cl)c(Cl)c1. The number of hydrogen-bond acceptors (Lipinski definition) is 6. The molecular formula is C26H19Cl3IN3O4S. The van der Waals surface area contributed by atoms with Crippen LogP contribution in [0, 0.1) is 3.57 Å². The van der Waals surface area contributed by atoms with E-state index in [4.69, 9.17) is 44.3 Å². The summed E-state index contributed by atoms with van der Waals surface area (Å²) in [7, 11) is 0. The number of halogens is 4. The highest BCUT2D eigenvalue weighted by Crippen LogP contribution is 2.36. The van der Waals surface area contributed by atoms with Crippen molar-refractivity contribution in [1.82, 2.24) is 5.32 Å². The van der Waals surface area contributed by atoms with E-state index in [0.29, 0.717) is 58.2 Å². The Morgan fingerprint density at radius 2 is 1.84 bits per heavy atom. The van der Waals surface area contributed by atoms with Crippen LogP contribution in [-0.4, -0.2) is 30.2 Å². The third-order valence-electron chi connectivity index (χ3n) is 4.89. The van der Waals surface area contributed by atoms with Gasteiger partial charge in [-0.25, -0.2) is 4.99 Å². The van der Waals surface area contributed by atoms with Crippen LogP contribution < -0.4 is 20.1 Å². The highest BCUT2D eigenvalue weighted by Gasteiger charge is 2.24. The number of amidine groups is 1. The smallest absolute Gasteiger partial charge is 0.264 e. The lowest BCUT2D eigenvalue weighted by Gasteiger charge is -2.15. The summed E-state index contributed by atoms with van der Waals surface area (Å²) >= 11 is 21.2. The van der Waals surface area contributed by atoms with Gasteiger partial charge in [0, 0.05) is 10.7 Å². The lowest BCUT2D eigenvalue weighted by atomic mass is 10.2. The first-order valence-corrected chi connectivity index (χ1v) is 14.1. The fraction of sp³-hybridized carbons (Fsp3) is 0.115. The number of nitrogens with zero attached hydrogens (tertiary/aromatic N) is 1. The van der Waals surface area contributed by atoms with E-state index in [1.54, 1.807) is 54.6 Å². The van der Waals surface area contributed by atoms with Crippen molar-refractivity contribution in [2.24, 2.45) is 4.99 Å². The zero-order chi connectivity index (χ0) is 27.2. The molecule has 196 valence electrons. The van der Waals surface area contributed by atoms with Crippen molar-refractivity contribution < 1.29 is 19.1 Å². The molecule has 2 amide bonds. The van der Waals surface area contributed by atoms with E-state index in [1.165, 1.54) is 11.8 Å². The number of rotatable bonds is 8. The van der Waals surface area contributed by atoms with Crippen LogP contribution >= 0.6 is 69.2 Å². The van der Waals surface area contributed by atoms with Gasteiger partial charge in [-0.3, -0.25) is 9.59 Å². The maximum atomic E-state index is 12.5. The van der Waals surface area contributed by atoms with Crippen LogP contribution in [0.4, 0.5) is 11.4 Å². The van der Waals surface area contributed by atoms with E-state index in [2.05, 4.69) is 38.2 Å². The quantitative estimate of drug-likeness (QED) is 0.187. The van der Waals surface area contributed by atoms with Crippen molar-refractivity contribution in [2.45, 2.75) is 6.92 Å². The first kappa shape index (κ1) is 28.6. The summed E-state index contributed by atoms with van der Waals surface area (Å²) in [6, 6.07) is 15.4. The number of thioether (sulfide) groups is 1. The van der Waals surface area contributed by atoms with Crippen molar-refractivity contribution in [3.05, 3.63) is 83.7 Å². The molecule has 0 atom stereocenters. The van der Waals surface area contributed by atoms with E-state index in [9.17, 15) is 9.59 Å². The maximum absolute atomic E-state index is 12.5. The van der Waals surface area contributed by atoms with Gasteiger partial charge in [-0.1, -0.05) is 34.8 Å². The van der Waals surface area contributed by atoms with Crippen molar-refractivity contribution >= 4 is 104 Å². The molecule has 12 heteroatoms. The first-order chi connectivity index (χ1) is 18.2. The lowest BCUT2D eigenvalue weighted by molar-refractivity contribution is -0.118. The molecule has 1 aliphatic heterocycles. The van der Waals surface area contributed by atoms with E-state index >= 15 is 0 Å². The molecule has 0 aliphatic carbocycles. The Morgan fingerprint density at radius 3 is 2.55 bits per heavy atom. The van der Waals surface area contributed by atoms with Crippen LogP contribution in [0.25, 0.3) is 6.08 Å². The summed E-state index contributed by atoms with van der Waals surface area (Å²) in [5.41, 5.74) is 1.91. The number of amides is 2. The van der Waals surface area contributed by atoms with E-state index in [1.807, 2.05) is 13.0 Å². The van der Waals surface area contributed by atoms with Gasteiger partial charge in [0.2, 0.25) is 0 Å². The fourth-order valence-corrected chi connectivity index (χ4v) is 5.29. The summed E-state index contributed by atoms with van der Waals surface area (Å²) < 4.78 is 12.3. The molecule has 3 aromatic carbocycles. The molecule has 1 aliphatic rings. The van der Waals surface area contributed by atoms with Crippen molar-refractivity contribution in [1.29, 1.82) is 0 Å². The van der Waals surface area contributed by atoms with Gasteiger partial charge in [-0.05, 0) is 108 Å². The van der Waals surface area contributed by atoms with Gasteiger partial charge in [0.15, 0.2) is 23.3 Å². The summed E-state index contributed by atoms with van der Waals surface area (Å²) in [4.78, 5) is 29.9. The zero-order valence-electron chi connectivity index (χ0n) is 19.7. The average molecular weight is 703 g/mol. The third-order valence-corrected chi connectivity index (χ3v) is 7.59. The number of carbonyl (C=O) groups is 2. The largest absolute Gasteiger partial charge is 0.490 e. The van der Waals surface area contributed by atoms with Crippen LogP contribution in [-0.2, 0) is 9.59 Å². The fourth-order valence-electron chi connectivity index (χ4n) is 3.25. The molecule has 1 heterocycles. The molecule has 0 bridgehead atoms. The topological polar surface area (TPSA) is 89.0 Å². The van der Waals surface area contributed by atoms with Gasteiger partial charge in [0.1, 0.15) is 0 Å². The number of hydrogen-bond donors (Lipinski definition) is 2. The Balaban J connectivity index is 1.48. The molecule has 38 heavy (non-hydrogen) atoms. The molecule has 0 spiro atoms. The van der Waals surface area contributed by atoms with Crippen LogP contribution in [0.2, 0.25) is 15.1 Å². The second-order valence-electron chi connectivity index (χ2n) is 7.69. The predicted molar refractivity (Wildman–Crippen MR) is 163 cm³/mol. The number of ether oxygens (including phenoxy) is 2. The zero-order valence-corrected chi connectivity index (χ0v) is 24.9. The molecule has 0 saturated carbocycles. The van der Waals surface area contributed by atoms with E-state index < -0.39 is 0 Å². The second kappa shape index (κ2) is 13.1. The Kier molecular flexibility index (Phi) is 9.83. The number of aliphatic imine (C=N–C) groups is 1. The molecule has 2 N–H and O–H groups in total. The molecule has 3 aromatic rings. The Bertz CT molecular complexity index is 1450. The normalized spacial score (nSPS) is 15.0. The summed E-state index contributed by atoms with van der Waals surface area (Å²) in [5.74, 6) is 0.244. The van der Waals surface area contributed by atoms with Gasteiger partial charge < -0.3 is 20.1 Å². The number of nitrogens with one attached hydrogen (secondary N) is 2. The number of anilines is 1. The standard InChI is InChI=1S/C26H19Cl3IN3O4S/c1-2-36-21-10-14(11-22-25(35)33-26(38-22)32-16-5-3-15(27)4-6-16)9-20(30)24(21)37-13-23(34)31-17-7-8-18(28)19(29)12-17/h3-12H,2,13H2,1H3,(H,31,34)(H,32,33,35)/b22-11+. The summed E-state index contributed by atoms with van der Waals surface area (Å²) in [6.07, 6.45) is 1.75. The molecule has 4 rings (SSSR count). The molecule has 1 saturated heterocycles. The van der Waals surface area contributed by atoms with E-state index in [-0.39, 0.29) is 18.4 Å². The van der Waals surface area contributed by atoms with Gasteiger partial charge >= 0.3 is 0 Å². The minimum Gasteiger partial charge on any atom is -0.490 e.